The quantitative estimate of drug-likeness (QED) is 0.474. The summed E-state index contributed by atoms with van der Waals surface area (Å²) < 4.78 is 47.3. The van der Waals surface area contributed by atoms with E-state index in [0.29, 0.717) is 11.1 Å². The van der Waals surface area contributed by atoms with E-state index in [-0.39, 0.29) is 32.9 Å². The molecule has 0 radical (unpaired) electrons. The molecular formula is C21H18Cl2F3N3O3. The number of aliphatic imine (C=N–C) groups is 1. The van der Waals surface area contributed by atoms with Crippen molar-refractivity contribution in [1.29, 1.82) is 0 Å². The van der Waals surface area contributed by atoms with Crippen molar-refractivity contribution in [1.82, 2.24) is 5.32 Å². The number of nitrogens with zero attached hydrogens (tertiary/aromatic N) is 2. The first-order valence-corrected chi connectivity index (χ1v) is 10.0. The second kappa shape index (κ2) is 8.99. The smallest absolute Gasteiger partial charge is 0.435 e. The number of rotatable bonds is 3. The van der Waals surface area contributed by atoms with Gasteiger partial charge in [-0.25, -0.2) is 0 Å². The molecule has 2 aromatic carbocycles. The van der Waals surface area contributed by atoms with Gasteiger partial charge >= 0.3 is 6.18 Å². The lowest BCUT2D eigenvalue weighted by molar-refractivity contribution is -0.275. The molecule has 11 heteroatoms. The molecule has 170 valence electrons. The number of nitrogens with one attached hydrogen (secondary N) is 1. The zero-order valence-corrected chi connectivity index (χ0v) is 18.7. The number of halogens is 5. The highest BCUT2D eigenvalue weighted by Gasteiger charge is 2.62. The first-order valence-electron chi connectivity index (χ1n) is 9.25. The predicted octanol–water partition coefficient (Wildman–Crippen LogP) is 5.25. The van der Waals surface area contributed by atoms with Crippen LogP contribution in [0.1, 0.15) is 33.5 Å². The summed E-state index contributed by atoms with van der Waals surface area (Å²) in [6.07, 6.45) is -5.39. The third-order valence-electron chi connectivity index (χ3n) is 4.92. The minimum atomic E-state index is -4.80. The van der Waals surface area contributed by atoms with Crippen LogP contribution < -0.4 is 5.32 Å². The van der Waals surface area contributed by atoms with Crippen molar-refractivity contribution >= 4 is 40.8 Å². The fourth-order valence-electron chi connectivity index (χ4n) is 3.28. The normalized spacial score (nSPS) is 18.8. The fourth-order valence-corrected chi connectivity index (χ4v) is 3.81. The van der Waals surface area contributed by atoms with Gasteiger partial charge in [0.05, 0.1) is 12.8 Å². The van der Waals surface area contributed by atoms with Crippen LogP contribution in [0.3, 0.4) is 0 Å². The number of methoxy groups -OCH3 is 1. The molecular weight excluding hydrogens is 470 g/mol. The van der Waals surface area contributed by atoms with Crippen molar-refractivity contribution in [3.05, 3.63) is 68.7 Å². The van der Waals surface area contributed by atoms with E-state index in [9.17, 15) is 18.0 Å². The van der Waals surface area contributed by atoms with E-state index in [1.807, 2.05) is 0 Å². The first-order chi connectivity index (χ1) is 15.0. The lowest BCUT2D eigenvalue weighted by Gasteiger charge is -2.29. The molecule has 1 atom stereocenters. The van der Waals surface area contributed by atoms with Crippen molar-refractivity contribution in [3.63, 3.8) is 0 Å². The Balaban J connectivity index is 1.94. The summed E-state index contributed by atoms with van der Waals surface area (Å²) >= 11 is 11.8. The Labute approximate surface area is 192 Å². The second-order valence-electron chi connectivity index (χ2n) is 6.99. The van der Waals surface area contributed by atoms with Gasteiger partial charge in [0, 0.05) is 34.6 Å². The summed E-state index contributed by atoms with van der Waals surface area (Å²) in [4.78, 5) is 21.2. The van der Waals surface area contributed by atoms with Crippen LogP contribution in [0, 0.1) is 6.92 Å². The molecule has 0 aliphatic carbocycles. The largest absolute Gasteiger partial charge is 0.468 e. The molecule has 1 amide bonds. The fraction of sp³-hybridized carbons (Fsp3) is 0.286. The predicted molar refractivity (Wildman–Crippen MR) is 115 cm³/mol. The Bertz CT molecular complexity index is 1090. The third kappa shape index (κ3) is 4.54. The summed E-state index contributed by atoms with van der Waals surface area (Å²) in [5.74, 6) is -0.567. The minimum absolute atomic E-state index is 0.0298. The van der Waals surface area contributed by atoms with E-state index in [1.54, 1.807) is 20.0 Å². The number of amides is 1. The number of carbonyl (C=O) groups is 1. The molecule has 0 fully saturated rings. The van der Waals surface area contributed by atoms with Gasteiger partial charge in [-0.2, -0.15) is 18.2 Å². The van der Waals surface area contributed by atoms with Crippen LogP contribution in [0.25, 0.3) is 0 Å². The van der Waals surface area contributed by atoms with Gasteiger partial charge in [0.15, 0.2) is 0 Å². The number of hydrogen-bond donors (Lipinski definition) is 1. The molecule has 1 aliphatic heterocycles. The van der Waals surface area contributed by atoms with Crippen molar-refractivity contribution in [2.75, 3.05) is 14.2 Å². The third-order valence-corrected chi connectivity index (χ3v) is 5.35. The summed E-state index contributed by atoms with van der Waals surface area (Å²) in [5.41, 5.74) is -1.77. The Hall–Kier alpha value is -2.78. The van der Waals surface area contributed by atoms with Crippen molar-refractivity contribution in [2.45, 2.75) is 25.1 Å². The zero-order valence-electron chi connectivity index (χ0n) is 17.2. The molecule has 0 bridgehead atoms. The van der Waals surface area contributed by atoms with Gasteiger partial charge in [0.1, 0.15) is 0 Å². The Morgan fingerprint density at radius 1 is 1.22 bits per heavy atom. The van der Waals surface area contributed by atoms with Crippen LogP contribution in [0.2, 0.25) is 10.0 Å². The molecule has 3 rings (SSSR count). The van der Waals surface area contributed by atoms with Crippen LogP contribution in [-0.2, 0) is 15.2 Å². The molecule has 1 aliphatic rings. The van der Waals surface area contributed by atoms with Gasteiger partial charge in [0.2, 0.25) is 0 Å². The van der Waals surface area contributed by atoms with Crippen molar-refractivity contribution in [3.8, 4) is 0 Å². The van der Waals surface area contributed by atoms with Crippen LogP contribution >= 0.6 is 23.2 Å². The summed E-state index contributed by atoms with van der Waals surface area (Å²) in [6, 6.07) is 8.17. The first kappa shape index (κ1) is 23.9. The number of oxime groups is 1. The van der Waals surface area contributed by atoms with Gasteiger partial charge in [-0.05, 0) is 48.4 Å². The molecule has 1 unspecified atom stereocenters. The van der Waals surface area contributed by atoms with E-state index in [1.165, 1.54) is 25.3 Å². The lowest BCUT2D eigenvalue weighted by Crippen LogP contribution is -2.42. The second-order valence-corrected chi connectivity index (χ2v) is 7.87. The number of aryl methyl sites for hydroxylation is 1. The minimum Gasteiger partial charge on any atom is -0.468 e. The molecule has 2 aromatic rings. The monoisotopic (exact) mass is 487 g/mol. The average molecular weight is 488 g/mol. The van der Waals surface area contributed by atoms with Crippen molar-refractivity contribution < 1.29 is 27.5 Å². The standard InChI is InChI=1S/C21H18Cl2F3N3O3/c1-11-6-12(4-5-16(11)18(30)28-19(27-2)31-3)17-10-20(32-29-17,21(24,25)26)13-7-14(22)9-15(23)8-13/h4-9H,10H2,1-3H3,(H,27,28,30). The number of hydrogen-bond acceptors (Lipinski definition) is 4. The average Bonchev–Trinajstić information content (AvgIpc) is 3.18. The maximum atomic E-state index is 14.1. The zero-order chi connectivity index (χ0) is 23.7. The number of ether oxygens (including phenoxy) is 1. The van der Waals surface area contributed by atoms with E-state index in [0.717, 1.165) is 12.1 Å². The Kier molecular flexibility index (Phi) is 6.71. The van der Waals surface area contributed by atoms with E-state index < -0.39 is 24.1 Å². The number of benzene rings is 2. The lowest BCUT2D eigenvalue weighted by atomic mass is 9.86. The molecule has 0 saturated heterocycles. The topological polar surface area (TPSA) is 72.3 Å². The molecule has 0 saturated carbocycles. The van der Waals surface area contributed by atoms with Gasteiger partial charge in [-0.3, -0.25) is 4.79 Å². The highest BCUT2D eigenvalue weighted by molar-refractivity contribution is 6.34. The van der Waals surface area contributed by atoms with E-state index >= 15 is 0 Å². The van der Waals surface area contributed by atoms with Crippen molar-refractivity contribution in [2.24, 2.45) is 10.1 Å². The van der Waals surface area contributed by atoms with Gasteiger partial charge in [-0.1, -0.05) is 34.4 Å². The van der Waals surface area contributed by atoms with Crippen LogP contribution in [-0.4, -0.2) is 38.0 Å². The molecule has 6 nitrogen and oxygen atoms in total. The highest BCUT2D eigenvalue weighted by Crippen LogP contribution is 2.49. The van der Waals surface area contributed by atoms with E-state index in [4.69, 9.17) is 32.8 Å². The van der Waals surface area contributed by atoms with Crippen LogP contribution in [0.15, 0.2) is 46.5 Å². The molecule has 0 aromatic heterocycles. The number of alkyl halides is 3. The van der Waals surface area contributed by atoms with Gasteiger partial charge in [-0.15, -0.1) is 0 Å². The molecule has 0 spiro atoms. The Morgan fingerprint density at radius 2 is 1.88 bits per heavy atom. The molecule has 1 N–H and O–H groups in total. The number of carbonyl (C=O) groups excluding carboxylic acids is 1. The summed E-state index contributed by atoms with van der Waals surface area (Å²) in [6.45, 7) is 1.64. The summed E-state index contributed by atoms with van der Waals surface area (Å²) in [7, 11) is 2.90. The van der Waals surface area contributed by atoms with Crippen LogP contribution in [0.4, 0.5) is 13.2 Å². The molecule has 32 heavy (non-hydrogen) atoms. The van der Waals surface area contributed by atoms with Crippen LogP contribution in [0.5, 0.6) is 0 Å². The van der Waals surface area contributed by atoms with Gasteiger partial charge in [0.25, 0.3) is 17.5 Å². The number of amidine groups is 1. The maximum absolute atomic E-state index is 14.1. The van der Waals surface area contributed by atoms with E-state index in [2.05, 4.69) is 15.5 Å². The highest BCUT2D eigenvalue weighted by atomic mass is 35.5. The SMILES string of the molecule is CNC(=NC(=O)c1ccc(C2=NOC(c3cc(Cl)cc(Cl)c3)(C(F)(F)F)C2)cc1C)OC. The maximum Gasteiger partial charge on any atom is 0.435 e. The Morgan fingerprint density at radius 3 is 2.41 bits per heavy atom. The molecule has 1 heterocycles. The van der Waals surface area contributed by atoms with Gasteiger partial charge < -0.3 is 14.9 Å². The summed E-state index contributed by atoms with van der Waals surface area (Å²) in [5, 5.41) is 6.43.